The number of carbonyl (C=O) groups is 1. The van der Waals surface area contributed by atoms with Gasteiger partial charge in [0.2, 0.25) is 5.91 Å². The number of anilines is 3. The summed E-state index contributed by atoms with van der Waals surface area (Å²) in [5.74, 6) is 1.40. The van der Waals surface area contributed by atoms with E-state index in [0.29, 0.717) is 5.92 Å². The van der Waals surface area contributed by atoms with E-state index in [9.17, 15) is 9.90 Å². The Balaban J connectivity index is 1.52. The zero-order valence-corrected chi connectivity index (χ0v) is 19.5. The van der Waals surface area contributed by atoms with E-state index in [0.717, 1.165) is 55.3 Å². The van der Waals surface area contributed by atoms with Gasteiger partial charge in [0.15, 0.2) is 0 Å². The van der Waals surface area contributed by atoms with E-state index in [1.165, 1.54) is 5.56 Å². The van der Waals surface area contributed by atoms with Gasteiger partial charge in [0.1, 0.15) is 5.75 Å². The molecule has 32 heavy (non-hydrogen) atoms. The van der Waals surface area contributed by atoms with Gasteiger partial charge in [-0.25, -0.2) is 0 Å². The highest BCUT2D eigenvalue weighted by atomic mass is 16.5. The number of hydrogen-bond acceptors (Lipinski definition) is 5. The Kier molecular flexibility index (Phi) is 6.60. The number of methoxy groups -OCH3 is 1. The Labute approximate surface area is 191 Å². The monoisotopic (exact) mass is 437 g/mol. The molecule has 2 N–H and O–H groups in total. The first-order chi connectivity index (χ1) is 15.4. The topological polar surface area (TPSA) is 65.0 Å². The number of hydrogen-bond donors (Lipinski definition) is 2. The van der Waals surface area contributed by atoms with Crippen LogP contribution in [0, 0.1) is 11.8 Å². The van der Waals surface area contributed by atoms with Crippen molar-refractivity contribution in [2.75, 3.05) is 41.9 Å². The average molecular weight is 438 g/mol. The standard InChI is InChI=1S/C26H35N3O3/c1-17(2)26(27-20-5-10-24-19(15-20)11-14-29(24)18(3)30)23-16-28(13-12-25(23)31)21-6-8-22(32-4)9-7-21/h5-10,15,17,23,25-27,31H,11-14,16H2,1-4H3/t23-,25-,26-/m1/s1. The van der Waals surface area contributed by atoms with Gasteiger partial charge in [-0.2, -0.15) is 0 Å². The molecular weight excluding hydrogens is 402 g/mol. The van der Waals surface area contributed by atoms with Gasteiger partial charge in [-0.05, 0) is 66.8 Å². The van der Waals surface area contributed by atoms with E-state index in [1.807, 2.05) is 23.1 Å². The quantitative estimate of drug-likeness (QED) is 0.717. The fourth-order valence-electron chi connectivity index (χ4n) is 5.13. The number of aliphatic hydroxyl groups excluding tert-OH is 1. The molecule has 1 amide bonds. The number of nitrogens with one attached hydrogen (secondary N) is 1. The van der Waals surface area contributed by atoms with Gasteiger partial charge in [-0.3, -0.25) is 4.79 Å². The fraction of sp³-hybridized carbons (Fsp3) is 0.500. The van der Waals surface area contributed by atoms with Crippen LogP contribution in [0.2, 0.25) is 0 Å². The number of rotatable bonds is 6. The van der Waals surface area contributed by atoms with E-state index >= 15 is 0 Å². The number of benzene rings is 2. The predicted octanol–water partition coefficient (Wildman–Crippen LogP) is 3.93. The Bertz CT molecular complexity index is 944. The van der Waals surface area contributed by atoms with Gasteiger partial charge < -0.3 is 25.0 Å². The zero-order chi connectivity index (χ0) is 22.8. The van der Waals surface area contributed by atoms with E-state index in [4.69, 9.17) is 4.74 Å². The van der Waals surface area contributed by atoms with Crippen LogP contribution >= 0.6 is 0 Å². The summed E-state index contributed by atoms with van der Waals surface area (Å²) < 4.78 is 5.29. The van der Waals surface area contributed by atoms with Crippen LogP contribution in [-0.2, 0) is 11.2 Å². The molecule has 3 atom stereocenters. The molecule has 172 valence electrons. The zero-order valence-electron chi connectivity index (χ0n) is 19.5. The maximum Gasteiger partial charge on any atom is 0.223 e. The number of amides is 1. The fourth-order valence-corrected chi connectivity index (χ4v) is 5.13. The molecule has 2 heterocycles. The lowest BCUT2D eigenvalue weighted by molar-refractivity contribution is -0.116. The van der Waals surface area contributed by atoms with Crippen molar-refractivity contribution < 1.29 is 14.6 Å². The largest absolute Gasteiger partial charge is 0.497 e. The highest BCUT2D eigenvalue weighted by Gasteiger charge is 2.36. The minimum atomic E-state index is -0.341. The maximum absolute atomic E-state index is 11.9. The summed E-state index contributed by atoms with van der Waals surface area (Å²) in [6.45, 7) is 8.43. The first-order valence-electron chi connectivity index (χ1n) is 11.6. The Morgan fingerprint density at radius 2 is 1.91 bits per heavy atom. The lowest BCUT2D eigenvalue weighted by atomic mass is 9.82. The second-order valence-corrected chi connectivity index (χ2v) is 9.34. The molecule has 4 rings (SSSR count). The van der Waals surface area contributed by atoms with Crippen molar-refractivity contribution in [1.82, 2.24) is 0 Å². The van der Waals surface area contributed by atoms with Crippen molar-refractivity contribution >= 4 is 23.0 Å². The Hall–Kier alpha value is -2.73. The molecule has 0 saturated carbocycles. The summed E-state index contributed by atoms with van der Waals surface area (Å²) in [4.78, 5) is 16.1. The third-order valence-electron chi connectivity index (χ3n) is 6.93. The summed E-state index contributed by atoms with van der Waals surface area (Å²) in [7, 11) is 1.68. The summed E-state index contributed by atoms with van der Waals surface area (Å²) in [6.07, 6.45) is 1.29. The highest BCUT2D eigenvalue weighted by Crippen LogP contribution is 2.34. The number of nitrogens with zero attached hydrogens (tertiary/aromatic N) is 2. The lowest BCUT2D eigenvalue weighted by Crippen LogP contribution is -2.51. The van der Waals surface area contributed by atoms with Gasteiger partial charge in [0.25, 0.3) is 0 Å². The molecule has 2 aromatic rings. The molecule has 1 saturated heterocycles. The molecule has 0 bridgehead atoms. The van der Waals surface area contributed by atoms with Crippen LogP contribution in [0.1, 0.15) is 32.8 Å². The maximum atomic E-state index is 11.9. The van der Waals surface area contributed by atoms with Crippen molar-refractivity contribution in [3.63, 3.8) is 0 Å². The summed E-state index contributed by atoms with van der Waals surface area (Å²) in [5, 5.41) is 14.7. The van der Waals surface area contributed by atoms with Crippen LogP contribution in [0.15, 0.2) is 42.5 Å². The van der Waals surface area contributed by atoms with Crippen molar-refractivity contribution in [2.45, 2.75) is 45.8 Å². The van der Waals surface area contributed by atoms with Crippen LogP contribution in [0.25, 0.3) is 0 Å². The first kappa shape index (κ1) is 22.5. The van der Waals surface area contributed by atoms with Crippen molar-refractivity contribution in [1.29, 1.82) is 0 Å². The minimum absolute atomic E-state index is 0.0912. The van der Waals surface area contributed by atoms with E-state index in [-0.39, 0.29) is 24.0 Å². The summed E-state index contributed by atoms with van der Waals surface area (Å²) in [5.41, 5.74) is 4.44. The molecule has 0 aliphatic carbocycles. The normalized spacial score (nSPS) is 21.4. The molecule has 2 aliphatic heterocycles. The van der Waals surface area contributed by atoms with E-state index < -0.39 is 0 Å². The van der Waals surface area contributed by atoms with Crippen LogP contribution in [-0.4, -0.2) is 49.9 Å². The van der Waals surface area contributed by atoms with Crippen LogP contribution in [0.5, 0.6) is 5.75 Å². The Morgan fingerprint density at radius 1 is 1.16 bits per heavy atom. The number of ether oxygens (including phenoxy) is 1. The van der Waals surface area contributed by atoms with E-state index in [1.54, 1.807) is 14.0 Å². The smallest absolute Gasteiger partial charge is 0.223 e. The van der Waals surface area contributed by atoms with Crippen molar-refractivity contribution in [3.8, 4) is 5.75 Å². The molecule has 0 unspecified atom stereocenters. The molecule has 6 heteroatoms. The van der Waals surface area contributed by atoms with Gasteiger partial charge in [0.05, 0.1) is 13.2 Å². The molecule has 0 spiro atoms. The summed E-state index contributed by atoms with van der Waals surface area (Å²) in [6, 6.07) is 14.6. The Morgan fingerprint density at radius 3 is 2.56 bits per heavy atom. The van der Waals surface area contributed by atoms with Crippen LogP contribution in [0.3, 0.4) is 0 Å². The first-order valence-corrected chi connectivity index (χ1v) is 11.6. The predicted molar refractivity (Wildman–Crippen MR) is 130 cm³/mol. The number of aliphatic hydroxyl groups is 1. The SMILES string of the molecule is COc1ccc(N2CC[C@@H](O)[C@H]([C@H](Nc3ccc4c(c3)CCN4C(C)=O)C(C)C)C2)cc1. The number of fused-ring (bicyclic) bond motifs is 1. The second kappa shape index (κ2) is 9.41. The third-order valence-corrected chi connectivity index (χ3v) is 6.93. The molecule has 2 aliphatic rings. The van der Waals surface area contributed by atoms with Gasteiger partial charge in [0, 0.05) is 55.6 Å². The van der Waals surface area contributed by atoms with Crippen LogP contribution in [0.4, 0.5) is 17.1 Å². The lowest BCUT2D eigenvalue weighted by Gasteiger charge is -2.43. The highest BCUT2D eigenvalue weighted by molar-refractivity contribution is 5.94. The molecule has 2 aromatic carbocycles. The van der Waals surface area contributed by atoms with Gasteiger partial charge in [-0.15, -0.1) is 0 Å². The number of piperidine rings is 1. The third kappa shape index (κ3) is 4.56. The number of carbonyl (C=O) groups excluding carboxylic acids is 1. The molecule has 6 nitrogen and oxygen atoms in total. The second-order valence-electron chi connectivity index (χ2n) is 9.34. The summed E-state index contributed by atoms with van der Waals surface area (Å²) >= 11 is 0. The van der Waals surface area contributed by atoms with E-state index in [2.05, 4.69) is 48.3 Å². The molecule has 0 radical (unpaired) electrons. The van der Waals surface area contributed by atoms with Gasteiger partial charge >= 0.3 is 0 Å². The van der Waals surface area contributed by atoms with Crippen molar-refractivity contribution in [3.05, 3.63) is 48.0 Å². The molecule has 1 fully saturated rings. The average Bonchev–Trinajstić information content (AvgIpc) is 3.21. The van der Waals surface area contributed by atoms with Crippen LogP contribution < -0.4 is 19.9 Å². The minimum Gasteiger partial charge on any atom is -0.497 e. The molecule has 0 aromatic heterocycles. The molecular formula is C26H35N3O3. The van der Waals surface area contributed by atoms with Gasteiger partial charge in [-0.1, -0.05) is 13.8 Å². The van der Waals surface area contributed by atoms with Crippen molar-refractivity contribution in [2.24, 2.45) is 11.8 Å².